The van der Waals surface area contributed by atoms with Gasteiger partial charge in [0.25, 0.3) is 10.0 Å². The van der Waals surface area contributed by atoms with E-state index in [-0.39, 0.29) is 4.90 Å². The average Bonchev–Trinajstić information content (AvgIpc) is 2.66. The highest BCUT2D eigenvalue weighted by atomic mass is 32.2. The molecule has 21 heavy (non-hydrogen) atoms. The number of hydrogen-bond acceptors (Lipinski definition) is 4. The van der Waals surface area contributed by atoms with Gasteiger partial charge in [-0.2, -0.15) is 0 Å². The van der Waals surface area contributed by atoms with Crippen molar-refractivity contribution in [2.75, 3.05) is 10.8 Å². The lowest BCUT2D eigenvalue weighted by molar-refractivity contribution is 0.588. The van der Waals surface area contributed by atoms with Gasteiger partial charge in [-0.1, -0.05) is 19.1 Å². The van der Waals surface area contributed by atoms with Crippen LogP contribution in [0.5, 0.6) is 0 Å². The number of aromatic nitrogens is 1. The lowest BCUT2D eigenvalue weighted by Crippen LogP contribution is -2.32. The van der Waals surface area contributed by atoms with E-state index >= 15 is 0 Å². The predicted octanol–water partition coefficient (Wildman–Crippen LogP) is 3.16. The Kier molecular flexibility index (Phi) is 3.91. The average molecular weight is 320 g/mol. The van der Waals surface area contributed by atoms with Crippen LogP contribution in [0.1, 0.15) is 13.3 Å². The molecule has 0 N–H and O–H groups in total. The molecule has 0 radical (unpaired) electrons. The third kappa shape index (κ3) is 2.78. The van der Waals surface area contributed by atoms with Crippen LogP contribution in [-0.4, -0.2) is 25.2 Å². The summed E-state index contributed by atoms with van der Waals surface area (Å²) in [6.07, 6.45) is 3.80. The zero-order valence-corrected chi connectivity index (χ0v) is 13.3. The maximum absolute atomic E-state index is 12.9. The number of sulfonamides is 1. The molecule has 1 atom stereocenters. The summed E-state index contributed by atoms with van der Waals surface area (Å²) in [7, 11) is -3.56. The topological polar surface area (TPSA) is 50.3 Å². The van der Waals surface area contributed by atoms with E-state index < -0.39 is 10.0 Å². The van der Waals surface area contributed by atoms with Crippen molar-refractivity contribution in [1.29, 1.82) is 0 Å². The van der Waals surface area contributed by atoms with Gasteiger partial charge in [0.2, 0.25) is 0 Å². The van der Waals surface area contributed by atoms with Gasteiger partial charge >= 0.3 is 0 Å². The Morgan fingerprint density at radius 1 is 1.24 bits per heavy atom. The normalized spacial score (nSPS) is 18.9. The van der Waals surface area contributed by atoms with E-state index in [1.807, 2.05) is 24.3 Å². The molecule has 2 aromatic rings. The third-order valence-electron chi connectivity index (χ3n) is 3.42. The van der Waals surface area contributed by atoms with Crippen molar-refractivity contribution >= 4 is 27.5 Å². The van der Waals surface area contributed by atoms with Crippen molar-refractivity contribution in [1.82, 2.24) is 4.98 Å². The van der Waals surface area contributed by atoms with E-state index in [2.05, 4.69) is 11.9 Å². The number of rotatable bonds is 2. The zero-order valence-electron chi connectivity index (χ0n) is 11.6. The van der Waals surface area contributed by atoms with Crippen LogP contribution in [-0.2, 0) is 10.0 Å². The number of para-hydroxylation sites is 1. The van der Waals surface area contributed by atoms with Gasteiger partial charge in [0.05, 0.1) is 5.69 Å². The van der Waals surface area contributed by atoms with Gasteiger partial charge in [-0.25, -0.2) is 8.42 Å². The number of thioether (sulfide) groups is 1. The molecule has 110 valence electrons. The van der Waals surface area contributed by atoms with Crippen LogP contribution in [0.4, 0.5) is 5.69 Å². The molecule has 0 fully saturated rings. The van der Waals surface area contributed by atoms with E-state index in [4.69, 9.17) is 0 Å². The van der Waals surface area contributed by atoms with Gasteiger partial charge in [0, 0.05) is 29.1 Å². The summed E-state index contributed by atoms with van der Waals surface area (Å²) in [6.45, 7) is 2.62. The van der Waals surface area contributed by atoms with E-state index in [1.165, 1.54) is 10.5 Å². The molecule has 0 saturated carbocycles. The van der Waals surface area contributed by atoms with Crippen LogP contribution < -0.4 is 4.31 Å². The number of nitrogens with zero attached hydrogens (tertiary/aromatic N) is 2. The smallest absolute Gasteiger partial charge is 0.265 e. The largest absolute Gasteiger partial charge is 0.265 e. The summed E-state index contributed by atoms with van der Waals surface area (Å²) >= 11 is 1.73. The number of benzene rings is 1. The molecule has 1 aromatic heterocycles. The quantitative estimate of drug-likeness (QED) is 0.853. The minimum Gasteiger partial charge on any atom is -0.265 e. The number of anilines is 1. The molecule has 0 amide bonds. The number of pyridine rings is 1. The van der Waals surface area contributed by atoms with Gasteiger partial charge < -0.3 is 0 Å². The first-order valence-electron chi connectivity index (χ1n) is 6.77. The molecule has 0 unspecified atom stereocenters. The maximum Gasteiger partial charge on any atom is 0.265 e. The highest BCUT2D eigenvalue weighted by Crippen LogP contribution is 2.39. The fourth-order valence-corrected chi connectivity index (χ4v) is 4.97. The first kappa shape index (κ1) is 14.4. The highest BCUT2D eigenvalue weighted by Gasteiger charge is 2.29. The highest BCUT2D eigenvalue weighted by molar-refractivity contribution is 8.00. The zero-order chi connectivity index (χ0) is 14.9. The van der Waals surface area contributed by atoms with E-state index in [0.29, 0.717) is 11.8 Å². The molecule has 2 heterocycles. The Balaban J connectivity index is 2.10. The molecule has 4 nitrogen and oxygen atoms in total. The Morgan fingerprint density at radius 3 is 2.81 bits per heavy atom. The van der Waals surface area contributed by atoms with Gasteiger partial charge in [0.1, 0.15) is 4.90 Å². The second-order valence-corrected chi connectivity index (χ2v) is 8.29. The van der Waals surface area contributed by atoms with Crippen LogP contribution in [0.2, 0.25) is 0 Å². The van der Waals surface area contributed by atoms with Crippen molar-refractivity contribution < 1.29 is 8.42 Å². The molecular formula is C15H16N2O2S2. The second kappa shape index (κ2) is 5.69. The Labute approximate surface area is 129 Å². The molecule has 0 bridgehead atoms. The van der Waals surface area contributed by atoms with Crippen molar-refractivity contribution in [2.45, 2.75) is 28.4 Å². The van der Waals surface area contributed by atoms with Gasteiger partial charge in [0.15, 0.2) is 0 Å². The maximum atomic E-state index is 12.9. The van der Waals surface area contributed by atoms with Crippen LogP contribution in [0.25, 0.3) is 0 Å². The monoisotopic (exact) mass is 320 g/mol. The molecule has 1 aliphatic rings. The van der Waals surface area contributed by atoms with Crippen molar-refractivity contribution in [3.8, 4) is 0 Å². The van der Waals surface area contributed by atoms with E-state index in [9.17, 15) is 8.42 Å². The van der Waals surface area contributed by atoms with Crippen LogP contribution >= 0.6 is 11.8 Å². The minimum absolute atomic E-state index is 0.236. The first-order chi connectivity index (χ1) is 10.1. The molecule has 3 rings (SSSR count). The second-order valence-electron chi connectivity index (χ2n) is 4.95. The fraction of sp³-hybridized carbons (Fsp3) is 0.267. The molecule has 0 aliphatic carbocycles. The van der Waals surface area contributed by atoms with E-state index in [0.717, 1.165) is 17.0 Å². The van der Waals surface area contributed by atoms with Gasteiger partial charge in [-0.3, -0.25) is 9.29 Å². The number of fused-ring (bicyclic) bond motifs is 1. The lowest BCUT2D eigenvalue weighted by atomic mass is 10.3. The molecular weight excluding hydrogens is 304 g/mol. The summed E-state index contributed by atoms with van der Waals surface area (Å²) in [5.74, 6) is 0. The van der Waals surface area contributed by atoms with E-state index in [1.54, 1.807) is 30.1 Å². The van der Waals surface area contributed by atoms with Gasteiger partial charge in [-0.05, 0) is 30.7 Å². The summed E-state index contributed by atoms with van der Waals surface area (Å²) in [6, 6.07) is 10.9. The molecule has 1 aromatic carbocycles. The summed E-state index contributed by atoms with van der Waals surface area (Å²) < 4.78 is 27.3. The summed E-state index contributed by atoms with van der Waals surface area (Å²) in [5, 5.41) is 0.389. The van der Waals surface area contributed by atoms with Crippen LogP contribution in [0.15, 0.2) is 58.6 Å². The molecule has 0 spiro atoms. The predicted molar refractivity (Wildman–Crippen MR) is 85.1 cm³/mol. The van der Waals surface area contributed by atoms with Crippen molar-refractivity contribution in [3.05, 3.63) is 48.8 Å². The SMILES string of the molecule is C[C@@H]1CCN(S(=O)(=O)c2cccnc2)c2ccccc2S1. The van der Waals surface area contributed by atoms with Crippen molar-refractivity contribution in [2.24, 2.45) is 0 Å². The van der Waals surface area contributed by atoms with Crippen molar-refractivity contribution in [3.63, 3.8) is 0 Å². The first-order valence-corrected chi connectivity index (χ1v) is 9.09. The number of hydrogen-bond donors (Lipinski definition) is 0. The summed E-state index contributed by atoms with van der Waals surface area (Å²) in [4.78, 5) is 5.17. The summed E-state index contributed by atoms with van der Waals surface area (Å²) in [5.41, 5.74) is 0.760. The standard InChI is InChI=1S/C15H16N2O2S2/c1-12-8-10-17(14-6-2-3-7-15(14)20-12)21(18,19)13-5-4-9-16-11-13/h2-7,9,11-12H,8,10H2,1H3/t12-/m1/s1. The fourth-order valence-electron chi connectivity index (χ4n) is 2.33. The Bertz CT molecular complexity index is 732. The lowest BCUT2D eigenvalue weighted by Gasteiger charge is -2.23. The minimum atomic E-state index is -3.56. The Hall–Kier alpha value is -1.53. The molecule has 6 heteroatoms. The molecule has 0 saturated heterocycles. The van der Waals surface area contributed by atoms with Crippen LogP contribution in [0.3, 0.4) is 0 Å². The Morgan fingerprint density at radius 2 is 2.05 bits per heavy atom. The van der Waals surface area contributed by atoms with Crippen LogP contribution in [0, 0.1) is 0 Å². The molecule has 1 aliphatic heterocycles. The third-order valence-corrected chi connectivity index (χ3v) is 6.46. The van der Waals surface area contributed by atoms with Gasteiger partial charge in [-0.15, -0.1) is 11.8 Å².